The van der Waals surface area contributed by atoms with Crippen molar-refractivity contribution in [2.24, 2.45) is 0 Å². The molecule has 0 N–H and O–H groups in total. The maximum atomic E-state index is 13.0. The Labute approximate surface area is 431 Å². The van der Waals surface area contributed by atoms with E-state index in [-0.39, 0.29) is 75.7 Å². The zero-order valence-corrected chi connectivity index (χ0v) is 45.0. The third-order valence-corrected chi connectivity index (χ3v) is 12.8. The van der Waals surface area contributed by atoms with Crippen LogP contribution in [0.3, 0.4) is 0 Å². The van der Waals surface area contributed by atoms with Crippen LogP contribution in [0, 0.1) is 0 Å². The van der Waals surface area contributed by atoms with E-state index < -0.39 is 27.0 Å². The molecule has 0 heterocycles. The Hall–Kier alpha value is -0.814. The van der Waals surface area contributed by atoms with Gasteiger partial charge in [0.05, 0.1) is 29.2 Å². The largest absolute Gasteiger partial charge is 1.00 e. The topological polar surface area (TPSA) is 110 Å². The molecule has 63 heavy (non-hydrogen) atoms. The smallest absolute Gasteiger partial charge is 0.744 e. The number of carbonyl (C=O) groups excluding carboxylic acids is 2. The van der Waals surface area contributed by atoms with Crippen molar-refractivity contribution in [1.82, 2.24) is 0 Å². The summed E-state index contributed by atoms with van der Waals surface area (Å²) in [4.78, 5) is 25.4. The van der Waals surface area contributed by atoms with Crippen LogP contribution in [-0.2, 0) is 19.6 Å². The average Bonchev–Trinajstić information content (AvgIpc) is 3.26. The van der Waals surface area contributed by atoms with E-state index in [1.807, 2.05) is 0 Å². The van der Waals surface area contributed by atoms with E-state index in [4.69, 9.17) is 9.47 Å². The predicted molar refractivity (Wildman–Crippen MR) is 260 cm³/mol. The van der Waals surface area contributed by atoms with Gasteiger partial charge in [-0.05, 0) is 82.4 Å². The van der Waals surface area contributed by atoms with Gasteiger partial charge in [-0.25, -0.2) is 18.0 Å². The number of unbranched alkanes of at least 4 members (excludes halogenated alkanes) is 34. The van der Waals surface area contributed by atoms with Gasteiger partial charge in [0.15, 0.2) is 0 Å². The molecule has 0 aliphatic heterocycles. The molecular weight excluding hydrogens is 832 g/mol. The van der Waals surface area contributed by atoms with E-state index in [1.54, 1.807) is 0 Å². The predicted octanol–water partition coefficient (Wildman–Crippen LogP) is 13.9. The Morgan fingerprint density at radius 1 is 0.429 bits per heavy atom. The Morgan fingerprint density at radius 3 is 1.00 bits per heavy atom. The Morgan fingerprint density at radius 2 is 0.698 bits per heavy atom. The van der Waals surface area contributed by atoms with Crippen molar-refractivity contribution in [2.75, 3.05) is 13.2 Å². The molecule has 0 bridgehead atoms. The maximum Gasteiger partial charge on any atom is 1.00 e. The molecule has 0 unspecified atom stereocenters. The van der Waals surface area contributed by atoms with Gasteiger partial charge in [0.1, 0.15) is 10.1 Å². The monoisotopic (exact) mass is 925 g/mol. The molecule has 1 aromatic carbocycles. The van der Waals surface area contributed by atoms with Gasteiger partial charge in [0.25, 0.3) is 0 Å². The van der Waals surface area contributed by atoms with E-state index in [2.05, 4.69) is 38.2 Å². The van der Waals surface area contributed by atoms with Gasteiger partial charge < -0.3 is 14.0 Å². The van der Waals surface area contributed by atoms with Gasteiger partial charge in [-0.3, -0.25) is 0 Å². The number of carbonyl (C=O) groups is 2. The first-order valence-corrected chi connectivity index (χ1v) is 27.5. The molecular formula is C54H93KO7S. The van der Waals surface area contributed by atoms with Crippen LogP contribution in [0.15, 0.2) is 47.4 Å². The fourth-order valence-corrected chi connectivity index (χ4v) is 8.47. The molecule has 0 spiro atoms. The molecule has 7 nitrogen and oxygen atoms in total. The third kappa shape index (κ3) is 38.9. The first-order valence-electron chi connectivity index (χ1n) is 26.0. The number of ether oxygens (including phenoxy) is 2. The number of hydrogen-bond donors (Lipinski definition) is 0. The second-order valence-electron chi connectivity index (χ2n) is 17.8. The molecule has 0 fully saturated rings. The molecule has 0 aromatic heterocycles. The van der Waals surface area contributed by atoms with Gasteiger partial charge in [-0.15, -0.1) is 0 Å². The molecule has 0 aliphatic carbocycles. The molecule has 0 amide bonds. The standard InChI is InChI=1S/C54H94O7S.K/c1-3-5-7-9-11-13-15-17-19-21-23-25-27-29-31-33-35-37-39-41-43-47-60-53(55)51-46-45-50(62(57,58)59)49-52(51)54(56)61-48-44-42-40-38-36-34-32-30-28-26-24-22-20-18-16-14-12-10-8-6-4-2;/h27-30,45-46,49H,3-26,31-44,47-48H2,1-2H3,(H,57,58,59);/q;+1/p-1/b29-27+,30-28+;. The van der Waals surface area contributed by atoms with Crippen molar-refractivity contribution in [1.29, 1.82) is 0 Å². The molecule has 9 heteroatoms. The maximum absolute atomic E-state index is 13.0. The van der Waals surface area contributed by atoms with Crippen molar-refractivity contribution in [2.45, 2.75) is 263 Å². The molecule has 1 rings (SSSR count). The zero-order chi connectivity index (χ0) is 45.0. The van der Waals surface area contributed by atoms with Crippen molar-refractivity contribution in [3.63, 3.8) is 0 Å². The Bertz CT molecular complexity index is 1380. The van der Waals surface area contributed by atoms with Crippen LogP contribution >= 0.6 is 0 Å². The first-order chi connectivity index (χ1) is 30.3. The summed E-state index contributed by atoms with van der Waals surface area (Å²) in [5.74, 6) is -1.55. The summed E-state index contributed by atoms with van der Waals surface area (Å²) in [5.41, 5.74) is -0.344. The molecule has 358 valence electrons. The Kier molecular flexibility index (Phi) is 45.7. The number of benzene rings is 1. The fraction of sp³-hybridized carbons (Fsp3) is 0.778. The summed E-state index contributed by atoms with van der Waals surface area (Å²) in [6.45, 7) is 4.90. The van der Waals surface area contributed by atoms with E-state index in [0.717, 1.165) is 63.5 Å². The van der Waals surface area contributed by atoms with Crippen LogP contribution in [0.25, 0.3) is 0 Å². The number of hydrogen-bond acceptors (Lipinski definition) is 7. The van der Waals surface area contributed by atoms with Gasteiger partial charge in [0.2, 0.25) is 0 Å². The minimum absolute atomic E-state index is 0. The van der Waals surface area contributed by atoms with Gasteiger partial charge in [-0.2, -0.15) is 0 Å². The van der Waals surface area contributed by atoms with Crippen molar-refractivity contribution in [3.05, 3.63) is 53.6 Å². The summed E-state index contributed by atoms with van der Waals surface area (Å²) >= 11 is 0. The van der Waals surface area contributed by atoms with E-state index in [0.29, 0.717) is 12.8 Å². The minimum atomic E-state index is -4.82. The SMILES string of the molecule is CCCCCCCCCCCCC/C=C/CCCCCCCCOC(=O)c1ccc(S(=O)(=O)[O-])cc1C(=O)OCCCCCCCC/C=C/CCCCCCCCCCCCC.[K+]. The molecule has 0 radical (unpaired) electrons. The van der Waals surface area contributed by atoms with Crippen molar-refractivity contribution in [3.8, 4) is 0 Å². The van der Waals surface area contributed by atoms with Crippen LogP contribution in [-0.4, -0.2) is 38.1 Å². The van der Waals surface area contributed by atoms with Gasteiger partial charge in [0, 0.05) is 0 Å². The minimum Gasteiger partial charge on any atom is -0.744 e. The molecule has 0 aliphatic rings. The normalized spacial score (nSPS) is 11.7. The number of esters is 2. The summed E-state index contributed by atoms with van der Waals surface area (Å²) in [6, 6.07) is 3.14. The van der Waals surface area contributed by atoms with Gasteiger partial charge in [-0.1, -0.05) is 218 Å². The average molecular weight is 925 g/mol. The van der Waals surface area contributed by atoms with Crippen molar-refractivity contribution >= 4 is 22.1 Å². The number of rotatable bonds is 45. The van der Waals surface area contributed by atoms with E-state index in [9.17, 15) is 22.6 Å². The fourth-order valence-electron chi connectivity index (χ4n) is 7.98. The summed E-state index contributed by atoms with van der Waals surface area (Å²) in [7, 11) is -4.82. The second-order valence-corrected chi connectivity index (χ2v) is 19.2. The van der Waals surface area contributed by atoms with Crippen LogP contribution in [0.1, 0.15) is 279 Å². The Balaban J connectivity index is 0.0000384. The van der Waals surface area contributed by atoms with Crippen LogP contribution in [0.4, 0.5) is 0 Å². The van der Waals surface area contributed by atoms with Crippen LogP contribution in [0.5, 0.6) is 0 Å². The third-order valence-electron chi connectivity index (χ3n) is 12.0. The van der Waals surface area contributed by atoms with Gasteiger partial charge >= 0.3 is 63.3 Å². The summed E-state index contributed by atoms with van der Waals surface area (Å²) in [6.07, 6.45) is 56.6. The van der Waals surface area contributed by atoms with E-state index in [1.165, 1.54) is 186 Å². The molecule has 0 saturated heterocycles. The van der Waals surface area contributed by atoms with Crippen molar-refractivity contribution < 1.29 is 83.4 Å². The van der Waals surface area contributed by atoms with Crippen LogP contribution < -0.4 is 51.4 Å². The van der Waals surface area contributed by atoms with E-state index >= 15 is 0 Å². The molecule has 0 saturated carbocycles. The zero-order valence-electron chi connectivity index (χ0n) is 41.1. The quantitative estimate of drug-likeness (QED) is 0.0211. The molecule has 0 atom stereocenters. The van der Waals surface area contributed by atoms with Crippen LogP contribution in [0.2, 0.25) is 0 Å². The summed E-state index contributed by atoms with van der Waals surface area (Å²) < 4.78 is 46.0. The molecule has 1 aromatic rings. The second kappa shape index (κ2) is 46.3. The number of allylic oxidation sites excluding steroid dienone is 4. The first kappa shape index (κ1) is 62.2. The summed E-state index contributed by atoms with van der Waals surface area (Å²) in [5, 5.41) is 0.